The molecule has 3 fully saturated rings. The maximum Gasteiger partial charge on any atom is 0.0687 e. The zero-order chi connectivity index (χ0) is 21.0. The van der Waals surface area contributed by atoms with Gasteiger partial charge in [0.05, 0.1) is 11.5 Å². The van der Waals surface area contributed by atoms with E-state index in [9.17, 15) is 5.26 Å². The molecule has 0 radical (unpaired) electrons. The lowest BCUT2D eigenvalue weighted by atomic mass is 9.71. The number of nitriles is 1. The van der Waals surface area contributed by atoms with Gasteiger partial charge in [0.1, 0.15) is 0 Å². The van der Waals surface area contributed by atoms with Gasteiger partial charge in [0.2, 0.25) is 0 Å². The van der Waals surface area contributed by atoms with Crippen LogP contribution in [0.15, 0.2) is 42.5 Å². The molecule has 2 saturated carbocycles. The topological polar surface area (TPSA) is 27.0 Å². The van der Waals surface area contributed by atoms with E-state index in [1.165, 1.54) is 44.1 Å². The van der Waals surface area contributed by atoms with Crippen LogP contribution in [0.3, 0.4) is 0 Å². The molecule has 1 aromatic carbocycles. The first-order valence-electron chi connectivity index (χ1n) is 12.5. The second-order valence-electron chi connectivity index (χ2n) is 10.5. The summed E-state index contributed by atoms with van der Waals surface area (Å²) in [5.41, 5.74) is 1.35. The summed E-state index contributed by atoms with van der Waals surface area (Å²) in [5, 5.41) is 9.36. The van der Waals surface area contributed by atoms with E-state index in [4.69, 9.17) is 0 Å². The highest BCUT2D eigenvalue weighted by molar-refractivity contribution is 5.14. The molecule has 2 nitrogen and oxygen atoms in total. The summed E-state index contributed by atoms with van der Waals surface area (Å²) in [5.74, 6) is 3.71. The summed E-state index contributed by atoms with van der Waals surface area (Å²) in [6, 6.07) is 13.8. The van der Waals surface area contributed by atoms with E-state index in [0.29, 0.717) is 0 Å². The highest BCUT2D eigenvalue weighted by atomic mass is 15.2. The van der Waals surface area contributed by atoms with Gasteiger partial charge in [-0.1, -0.05) is 62.2 Å². The Hall–Kier alpha value is -1.59. The minimum Gasteiger partial charge on any atom is -0.300 e. The minimum atomic E-state index is -0.0629. The second-order valence-corrected chi connectivity index (χ2v) is 10.5. The number of fused-ring (bicyclic) bond motifs is 1. The van der Waals surface area contributed by atoms with Gasteiger partial charge in [0.25, 0.3) is 0 Å². The van der Waals surface area contributed by atoms with E-state index >= 15 is 0 Å². The Morgan fingerprint density at radius 1 is 1.00 bits per heavy atom. The monoisotopic (exact) mass is 404 g/mol. The molecular formula is C28H40N2. The predicted octanol–water partition coefficient (Wildman–Crippen LogP) is 6.63. The fourth-order valence-corrected chi connectivity index (χ4v) is 6.08. The average molecular weight is 405 g/mol. The predicted molar refractivity (Wildman–Crippen MR) is 125 cm³/mol. The SMILES string of the molecule is CC1(C#N)CCN([C@H]2CCCC[C@H]2C2C=CC3CC3C2)CC1.CCc1ccccc1. The largest absolute Gasteiger partial charge is 0.300 e. The number of aryl methyl sites for hydroxylation is 1. The van der Waals surface area contributed by atoms with Crippen LogP contribution in [-0.2, 0) is 6.42 Å². The average Bonchev–Trinajstić information content (AvgIpc) is 3.60. The zero-order valence-corrected chi connectivity index (χ0v) is 19.1. The van der Waals surface area contributed by atoms with Gasteiger partial charge in [-0.15, -0.1) is 0 Å². The number of rotatable bonds is 3. The fourth-order valence-electron chi connectivity index (χ4n) is 6.08. The van der Waals surface area contributed by atoms with Crippen LogP contribution >= 0.6 is 0 Å². The van der Waals surface area contributed by atoms with Gasteiger partial charge in [-0.05, 0) is 94.2 Å². The van der Waals surface area contributed by atoms with E-state index in [-0.39, 0.29) is 5.41 Å². The number of allylic oxidation sites excluding steroid dienone is 2. The van der Waals surface area contributed by atoms with Crippen molar-refractivity contribution in [2.75, 3.05) is 13.1 Å². The molecule has 2 heteroatoms. The van der Waals surface area contributed by atoms with E-state index in [1.807, 2.05) is 6.07 Å². The van der Waals surface area contributed by atoms with Crippen molar-refractivity contribution in [2.24, 2.45) is 29.1 Å². The van der Waals surface area contributed by atoms with Crippen LogP contribution in [0.25, 0.3) is 0 Å². The van der Waals surface area contributed by atoms with Crippen molar-refractivity contribution in [1.29, 1.82) is 5.26 Å². The van der Waals surface area contributed by atoms with Crippen molar-refractivity contribution in [3.63, 3.8) is 0 Å². The van der Waals surface area contributed by atoms with Gasteiger partial charge in [0, 0.05) is 6.04 Å². The molecule has 1 aliphatic heterocycles. The van der Waals surface area contributed by atoms with Crippen molar-refractivity contribution < 1.29 is 0 Å². The van der Waals surface area contributed by atoms with Crippen LogP contribution in [-0.4, -0.2) is 24.0 Å². The molecule has 0 N–H and O–H groups in total. The Bertz CT molecular complexity index is 738. The first kappa shape index (κ1) is 21.6. The van der Waals surface area contributed by atoms with Crippen molar-refractivity contribution >= 4 is 0 Å². The van der Waals surface area contributed by atoms with E-state index in [0.717, 1.165) is 62.1 Å². The summed E-state index contributed by atoms with van der Waals surface area (Å²) >= 11 is 0. The standard InChI is InChI=1S/C20H30N2.C8H10/c1-20(14-21)8-10-22(11-9-20)19-5-3-2-4-18(19)16-7-6-15-12-17(15)13-16;1-2-8-6-4-3-5-7-8/h6-7,15-19H,2-5,8-13H2,1H3;3-7H,2H2,1H3/t15?,16?,17?,18-,19-;/m0./s1. The number of piperidine rings is 1. The molecule has 0 aromatic heterocycles. The van der Waals surface area contributed by atoms with Gasteiger partial charge < -0.3 is 0 Å². The third-order valence-corrected chi connectivity index (χ3v) is 8.38. The molecule has 4 aliphatic rings. The Labute approximate surface area is 184 Å². The van der Waals surface area contributed by atoms with Crippen LogP contribution < -0.4 is 0 Å². The molecule has 0 spiro atoms. The fraction of sp³-hybridized carbons (Fsp3) is 0.679. The molecule has 1 heterocycles. The molecule has 0 bridgehead atoms. The Morgan fingerprint density at radius 2 is 1.67 bits per heavy atom. The number of likely N-dealkylation sites (tertiary alicyclic amines) is 1. The number of hydrogen-bond acceptors (Lipinski definition) is 2. The summed E-state index contributed by atoms with van der Waals surface area (Å²) < 4.78 is 0. The number of hydrogen-bond donors (Lipinski definition) is 0. The first-order chi connectivity index (χ1) is 14.6. The Kier molecular flexibility index (Phi) is 6.99. The molecule has 3 aliphatic carbocycles. The third-order valence-electron chi connectivity index (χ3n) is 8.38. The van der Waals surface area contributed by atoms with Crippen molar-refractivity contribution in [3.05, 3.63) is 48.0 Å². The highest BCUT2D eigenvalue weighted by Crippen LogP contribution is 2.51. The van der Waals surface area contributed by atoms with Crippen molar-refractivity contribution in [1.82, 2.24) is 4.90 Å². The molecule has 1 aromatic rings. The molecule has 0 amide bonds. The lowest BCUT2D eigenvalue weighted by molar-refractivity contribution is 0.0393. The van der Waals surface area contributed by atoms with Crippen molar-refractivity contribution in [3.8, 4) is 6.07 Å². The molecule has 5 atom stereocenters. The summed E-state index contributed by atoms with van der Waals surface area (Å²) in [7, 11) is 0. The first-order valence-corrected chi connectivity index (χ1v) is 12.5. The second kappa shape index (κ2) is 9.69. The highest BCUT2D eigenvalue weighted by Gasteiger charge is 2.44. The Morgan fingerprint density at radius 3 is 2.30 bits per heavy atom. The number of nitrogens with zero attached hydrogens (tertiary/aromatic N) is 2. The van der Waals surface area contributed by atoms with Gasteiger partial charge >= 0.3 is 0 Å². The summed E-state index contributed by atoms with van der Waals surface area (Å²) in [6.07, 6.45) is 17.0. The van der Waals surface area contributed by atoms with Crippen molar-refractivity contribution in [2.45, 2.75) is 77.7 Å². The number of benzene rings is 1. The van der Waals surface area contributed by atoms with E-state index in [1.54, 1.807) is 0 Å². The molecule has 1 saturated heterocycles. The molecule has 162 valence electrons. The quantitative estimate of drug-likeness (QED) is 0.529. The Balaban J connectivity index is 0.000000230. The molecule has 3 unspecified atom stereocenters. The van der Waals surface area contributed by atoms with Gasteiger partial charge in [-0.2, -0.15) is 5.26 Å². The third kappa shape index (κ3) is 5.17. The maximum absolute atomic E-state index is 9.36. The van der Waals surface area contributed by atoms with Crippen LogP contribution in [0.4, 0.5) is 0 Å². The molecular weight excluding hydrogens is 364 g/mol. The summed E-state index contributed by atoms with van der Waals surface area (Å²) in [6.45, 7) is 6.61. The van der Waals surface area contributed by atoms with Gasteiger partial charge in [-0.3, -0.25) is 4.90 Å². The van der Waals surface area contributed by atoms with Crippen LogP contribution in [0.2, 0.25) is 0 Å². The normalized spacial score (nSPS) is 34.8. The lowest BCUT2D eigenvalue weighted by Gasteiger charge is -2.46. The smallest absolute Gasteiger partial charge is 0.0687 e. The van der Waals surface area contributed by atoms with E-state index in [2.05, 4.69) is 61.2 Å². The van der Waals surface area contributed by atoms with Crippen LogP contribution in [0.1, 0.15) is 70.8 Å². The van der Waals surface area contributed by atoms with Crippen LogP contribution in [0, 0.1) is 40.4 Å². The van der Waals surface area contributed by atoms with Gasteiger partial charge in [-0.25, -0.2) is 0 Å². The van der Waals surface area contributed by atoms with Crippen LogP contribution in [0.5, 0.6) is 0 Å². The van der Waals surface area contributed by atoms with E-state index < -0.39 is 0 Å². The molecule has 5 rings (SSSR count). The molecule has 30 heavy (non-hydrogen) atoms. The minimum absolute atomic E-state index is 0.0629. The maximum atomic E-state index is 9.36. The lowest BCUT2D eigenvalue weighted by Crippen LogP contribution is -2.49. The zero-order valence-electron chi connectivity index (χ0n) is 19.1. The van der Waals surface area contributed by atoms with Gasteiger partial charge in [0.15, 0.2) is 0 Å². The summed E-state index contributed by atoms with van der Waals surface area (Å²) in [4.78, 5) is 2.76.